The predicted molar refractivity (Wildman–Crippen MR) is 143 cm³/mol. The Kier molecular flexibility index (Phi) is 10.9. The van der Waals surface area contributed by atoms with E-state index in [0.717, 1.165) is 0 Å². The van der Waals surface area contributed by atoms with Crippen molar-refractivity contribution < 1.29 is 48.0 Å². The lowest BCUT2D eigenvalue weighted by molar-refractivity contribution is -0.190. The smallest absolute Gasteiger partial charge is 0.477 e. The van der Waals surface area contributed by atoms with Crippen LogP contribution in [-0.2, 0) is 30.2 Å². The standard InChI is InChI=1S/C28H43NO10/c1-12-17(2)29-28(21(30)31,37-22(32)25(3,4)5)16-18-13-14-19(35-23(33)38-26(6,7)8)20(15-18)36-24(34)39-27(9,10)11/h13-15,17,29H,12,16H2,1-11H3,(H,30,31)/t17?,28-/m0/s1. The van der Waals surface area contributed by atoms with Crippen LogP contribution in [0.2, 0.25) is 0 Å². The number of benzene rings is 1. The summed E-state index contributed by atoms with van der Waals surface area (Å²) in [5.41, 5.74) is -4.54. The van der Waals surface area contributed by atoms with Crippen LogP contribution >= 0.6 is 0 Å². The lowest BCUT2D eigenvalue weighted by Gasteiger charge is -2.35. The maximum atomic E-state index is 12.8. The van der Waals surface area contributed by atoms with Crippen molar-refractivity contribution in [2.75, 3.05) is 0 Å². The number of nitrogens with one attached hydrogen (secondary N) is 1. The van der Waals surface area contributed by atoms with Gasteiger partial charge in [-0.05, 0) is 93.4 Å². The molecule has 1 unspecified atom stereocenters. The molecule has 0 aliphatic heterocycles. The van der Waals surface area contributed by atoms with Gasteiger partial charge in [-0.3, -0.25) is 10.1 Å². The molecule has 2 atom stereocenters. The molecule has 2 N–H and O–H groups in total. The van der Waals surface area contributed by atoms with E-state index in [2.05, 4.69) is 5.32 Å². The molecule has 0 radical (unpaired) electrons. The van der Waals surface area contributed by atoms with Crippen molar-refractivity contribution in [1.82, 2.24) is 5.32 Å². The molecular formula is C28H43NO10. The van der Waals surface area contributed by atoms with Crippen molar-refractivity contribution in [3.05, 3.63) is 23.8 Å². The molecule has 0 aromatic heterocycles. The summed E-state index contributed by atoms with van der Waals surface area (Å²) >= 11 is 0. The van der Waals surface area contributed by atoms with E-state index in [1.807, 2.05) is 6.92 Å². The molecule has 0 fully saturated rings. The molecule has 0 spiro atoms. The van der Waals surface area contributed by atoms with Gasteiger partial charge < -0.3 is 28.8 Å². The first-order valence-electron chi connectivity index (χ1n) is 12.8. The van der Waals surface area contributed by atoms with E-state index < -0.39 is 46.6 Å². The third-order valence-electron chi connectivity index (χ3n) is 4.94. The van der Waals surface area contributed by atoms with Crippen molar-refractivity contribution in [1.29, 1.82) is 0 Å². The van der Waals surface area contributed by atoms with Crippen LogP contribution in [0.4, 0.5) is 9.59 Å². The van der Waals surface area contributed by atoms with E-state index in [0.29, 0.717) is 12.0 Å². The average molecular weight is 554 g/mol. The van der Waals surface area contributed by atoms with E-state index in [4.69, 9.17) is 23.7 Å². The number of ether oxygens (including phenoxy) is 5. The fraction of sp³-hybridized carbons (Fsp3) is 0.643. The number of aliphatic carboxylic acids is 1. The molecule has 0 aliphatic carbocycles. The first-order valence-corrected chi connectivity index (χ1v) is 12.8. The number of carbonyl (C=O) groups excluding carboxylic acids is 3. The maximum absolute atomic E-state index is 12.8. The summed E-state index contributed by atoms with van der Waals surface area (Å²) in [6.45, 7) is 18.4. The zero-order valence-electron chi connectivity index (χ0n) is 24.8. The Morgan fingerprint density at radius 2 is 1.31 bits per heavy atom. The van der Waals surface area contributed by atoms with Gasteiger partial charge in [0.25, 0.3) is 5.72 Å². The molecule has 39 heavy (non-hydrogen) atoms. The fourth-order valence-corrected chi connectivity index (χ4v) is 2.94. The fourth-order valence-electron chi connectivity index (χ4n) is 2.94. The monoisotopic (exact) mass is 553 g/mol. The van der Waals surface area contributed by atoms with Gasteiger partial charge in [-0.25, -0.2) is 14.4 Å². The summed E-state index contributed by atoms with van der Waals surface area (Å²) in [4.78, 5) is 50.1. The van der Waals surface area contributed by atoms with Gasteiger partial charge in [-0.15, -0.1) is 0 Å². The Bertz CT molecular complexity index is 1050. The molecule has 11 nitrogen and oxygen atoms in total. The molecule has 0 bridgehead atoms. The minimum absolute atomic E-state index is 0.165. The summed E-state index contributed by atoms with van der Waals surface area (Å²) in [6.07, 6.45) is -1.90. The number of hydrogen-bond acceptors (Lipinski definition) is 10. The van der Waals surface area contributed by atoms with E-state index in [-0.39, 0.29) is 24.0 Å². The van der Waals surface area contributed by atoms with E-state index in [1.165, 1.54) is 18.2 Å². The third-order valence-corrected chi connectivity index (χ3v) is 4.94. The van der Waals surface area contributed by atoms with Crippen LogP contribution < -0.4 is 14.8 Å². The normalized spacial score (nSPS) is 14.4. The van der Waals surface area contributed by atoms with Gasteiger partial charge in [0.1, 0.15) is 11.2 Å². The lowest BCUT2D eigenvalue weighted by atomic mass is 9.95. The molecule has 220 valence electrons. The second-order valence-electron chi connectivity index (χ2n) is 12.3. The van der Waals surface area contributed by atoms with Crippen LogP contribution in [0.15, 0.2) is 18.2 Å². The van der Waals surface area contributed by atoms with Crippen LogP contribution in [0.1, 0.15) is 88.1 Å². The summed E-state index contributed by atoms with van der Waals surface area (Å²) in [7, 11) is 0. The number of hydrogen-bond donors (Lipinski definition) is 2. The van der Waals surface area contributed by atoms with Gasteiger partial charge in [0.05, 0.1) is 5.41 Å². The van der Waals surface area contributed by atoms with E-state index >= 15 is 0 Å². The van der Waals surface area contributed by atoms with Gasteiger partial charge in [0.2, 0.25) is 0 Å². The van der Waals surface area contributed by atoms with Gasteiger partial charge in [-0.2, -0.15) is 0 Å². The summed E-state index contributed by atoms with van der Waals surface area (Å²) < 4.78 is 26.6. The molecule has 1 aromatic rings. The summed E-state index contributed by atoms with van der Waals surface area (Å²) in [5, 5.41) is 13.2. The topological polar surface area (TPSA) is 147 Å². The highest BCUT2D eigenvalue weighted by Gasteiger charge is 2.46. The zero-order chi connectivity index (χ0) is 30.4. The molecular weight excluding hydrogens is 510 g/mol. The van der Waals surface area contributed by atoms with Gasteiger partial charge >= 0.3 is 24.2 Å². The minimum atomic E-state index is -2.14. The van der Waals surface area contributed by atoms with E-state index in [1.54, 1.807) is 69.2 Å². The average Bonchev–Trinajstić information content (AvgIpc) is 2.71. The SMILES string of the molecule is CCC(C)N[C@@](Cc1ccc(OC(=O)OC(C)(C)C)c(OC(=O)OC(C)(C)C)c1)(OC(=O)C(C)(C)C)C(=O)O. The maximum Gasteiger partial charge on any atom is 0.514 e. The molecule has 1 rings (SSSR count). The Balaban J connectivity index is 3.55. The van der Waals surface area contributed by atoms with Crippen molar-refractivity contribution in [3.8, 4) is 11.5 Å². The van der Waals surface area contributed by atoms with Crippen LogP contribution in [-0.4, -0.2) is 52.3 Å². The van der Waals surface area contributed by atoms with E-state index in [9.17, 15) is 24.3 Å². The molecule has 0 aliphatic rings. The van der Waals surface area contributed by atoms with Crippen LogP contribution in [0, 0.1) is 5.41 Å². The first kappa shape index (κ1) is 33.7. The van der Waals surface area contributed by atoms with Crippen LogP contribution in [0.5, 0.6) is 11.5 Å². The third kappa shape index (κ3) is 11.5. The second-order valence-corrected chi connectivity index (χ2v) is 12.3. The molecule has 1 aromatic carbocycles. The minimum Gasteiger partial charge on any atom is -0.477 e. The molecule has 0 amide bonds. The van der Waals surface area contributed by atoms with Crippen LogP contribution in [0.3, 0.4) is 0 Å². The number of carboxylic acid groups (broad SMARTS) is 1. The summed E-state index contributed by atoms with van der Waals surface area (Å²) in [5.74, 6) is -2.53. The Labute approximate surface area is 230 Å². The van der Waals surface area contributed by atoms with Crippen LogP contribution in [0.25, 0.3) is 0 Å². The van der Waals surface area contributed by atoms with Crippen molar-refractivity contribution >= 4 is 24.2 Å². The highest BCUT2D eigenvalue weighted by Crippen LogP contribution is 2.33. The lowest BCUT2D eigenvalue weighted by Crippen LogP contribution is -2.60. The highest BCUT2D eigenvalue weighted by molar-refractivity contribution is 5.84. The van der Waals surface area contributed by atoms with Crippen molar-refractivity contribution in [3.63, 3.8) is 0 Å². The largest absolute Gasteiger partial charge is 0.514 e. The van der Waals surface area contributed by atoms with Gasteiger partial charge in [-0.1, -0.05) is 13.0 Å². The molecule has 11 heteroatoms. The quantitative estimate of drug-likeness (QED) is 0.170. The highest BCUT2D eigenvalue weighted by atomic mass is 16.8. The first-order chi connectivity index (χ1) is 17.6. The number of carbonyl (C=O) groups is 4. The van der Waals surface area contributed by atoms with Crippen molar-refractivity contribution in [2.24, 2.45) is 5.41 Å². The zero-order valence-corrected chi connectivity index (χ0v) is 24.8. The predicted octanol–water partition coefficient (Wildman–Crippen LogP) is 5.62. The Morgan fingerprint density at radius 1 is 0.821 bits per heavy atom. The molecule has 0 saturated carbocycles. The van der Waals surface area contributed by atoms with Gasteiger partial charge in [0.15, 0.2) is 11.5 Å². The molecule has 0 heterocycles. The van der Waals surface area contributed by atoms with Crippen molar-refractivity contribution in [2.45, 2.75) is 112 Å². The second kappa shape index (κ2) is 12.7. The number of rotatable bonds is 9. The summed E-state index contributed by atoms with van der Waals surface area (Å²) in [6, 6.07) is 3.76. The Morgan fingerprint density at radius 3 is 1.72 bits per heavy atom. The number of esters is 1. The van der Waals surface area contributed by atoms with Gasteiger partial charge in [0, 0.05) is 12.5 Å². The number of carboxylic acids is 1. The molecule has 0 saturated heterocycles. The Hall–Kier alpha value is -3.34.